The van der Waals surface area contributed by atoms with Gasteiger partial charge < -0.3 is 9.47 Å². The van der Waals surface area contributed by atoms with Crippen LogP contribution in [0.25, 0.3) is 0 Å². The van der Waals surface area contributed by atoms with Gasteiger partial charge in [-0.3, -0.25) is 4.90 Å². The van der Waals surface area contributed by atoms with E-state index in [4.69, 9.17) is 9.47 Å². The molecule has 0 amide bonds. The molecule has 0 aliphatic carbocycles. The molecule has 0 atom stereocenters. The van der Waals surface area contributed by atoms with E-state index in [1.54, 1.807) is 14.2 Å². The van der Waals surface area contributed by atoms with Crippen LogP contribution in [0, 0.1) is 6.92 Å². The van der Waals surface area contributed by atoms with Gasteiger partial charge in [-0.15, -0.1) is 0 Å². The SMILES string of the molecule is COc1ccc(CN(Cc2ccc(C)cc2)Cc2ccc(OC)cc2)cc1. The Morgan fingerprint density at radius 2 is 0.889 bits per heavy atom. The third kappa shape index (κ3) is 5.60. The molecule has 0 spiro atoms. The highest BCUT2D eigenvalue weighted by Crippen LogP contribution is 2.19. The first-order valence-corrected chi connectivity index (χ1v) is 9.20. The summed E-state index contributed by atoms with van der Waals surface area (Å²) >= 11 is 0. The minimum absolute atomic E-state index is 0.879. The minimum atomic E-state index is 0.879. The van der Waals surface area contributed by atoms with Gasteiger partial charge in [0.1, 0.15) is 11.5 Å². The summed E-state index contributed by atoms with van der Waals surface area (Å²) in [7, 11) is 3.39. The van der Waals surface area contributed by atoms with Gasteiger partial charge in [0.05, 0.1) is 14.2 Å². The predicted molar refractivity (Wildman–Crippen MR) is 110 cm³/mol. The van der Waals surface area contributed by atoms with Gasteiger partial charge in [-0.2, -0.15) is 0 Å². The van der Waals surface area contributed by atoms with Gasteiger partial charge in [0, 0.05) is 19.6 Å². The highest BCUT2D eigenvalue weighted by molar-refractivity contribution is 5.29. The molecule has 0 fully saturated rings. The van der Waals surface area contributed by atoms with Crippen LogP contribution >= 0.6 is 0 Å². The van der Waals surface area contributed by atoms with Crippen molar-refractivity contribution >= 4 is 0 Å². The number of nitrogens with zero attached hydrogens (tertiary/aromatic N) is 1. The van der Waals surface area contributed by atoms with Crippen molar-refractivity contribution in [3.05, 3.63) is 95.1 Å². The number of methoxy groups -OCH3 is 2. The average molecular weight is 361 g/mol. The molecular weight excluding hydrogens is 334 g/mol. The fraction of sp³-hybridized carbons (Fsp3) is 0.250. The van der Waals surface area contributed by atoms with E-state index in [2.05, 4.69) is 60.4 Å². The molecule has 0 aliphatic heterocycles. The normalized spacial score (nSPS) is 10.8. The van der Waals surface area contributed by atoms with Crippen molar-refractivity contribution in [1.29, 1.82) is 0 Å². The lowest BCUT2D eigenvalue weighted by atomic mass is 10.1. The summed E-state index contributed by atoms with van der Waals surface area (Å²) in [6.07, 6.45) is 0. The van der Waals surface area contributed by atoms with Gasteiger partial charge in [0.2, 0.25) is 0 Å². The first-order valence-electron chi connectivity index (χ1n) is 9.20. The molecule has 3 rings (SSSR count). The zero-order valence-electron chi connectivity index (χ0n) is 16.3. The van der Waals surface area contributed by atoms with E-state index in [-0.39, 0.29) is 0 Å². The molecular formula is C24H27NO2. The Morgan fingerprint density at radius 1 is 0.556 bits per heavy atom. The Bertz CT molecular complexity index is 774. The second-order valence-electron chi connectivity index (χ2n) is 6.83. The zero-order valence-corrected chi connectivity index (χ0v) is 16.3. The summed E-state index contributed by atoms with van der Waals surface area (Å²) in [5, 5.41) is 0. The quantitative estimate of drug-likeness (QED) is 0.549. The van der Waals surface area contributed by atoms with Crippen molar-refractivity contribution in [2.45, 2.75) is 26.6 Å². The Balaban J connectivity index is 1.76. The topological polar surface area (TPSA) is 21.7 Å². The molecule has 0 bridgehead atoms. The Hall–Kier alpha value is -2.78. The van der Waals surface area contributed by atoms with E-state index in [9.17, 15) is 0 Å². The molecule has 0 heterocycles. The number of hydrogen-bond donors (Lipinski definition) is 0. The van der Waals surface area contributed by atoms with Crippen LogP contribution in [-0.4, -0.2) is 19.1 Å². The second-order valence-corrected chi connectivity index (χ2v) is 6.83. The fourth-order valence-electron chi connectivity index (χ4n) is 3.10. The van der Waals surface area contributed by atoms with Crippen molar-refractivity contribution in [2.75, 3.05) is 14.2 Å². The summed E-state index contributed by atoms with van der Waals surface area (Å²) in [6.45, 7) is 4.78. The summed E-state index contributed by atoms with van der Waals surface area (Å²) in [5.74, 6) is 1.78. The smallest absolute Gasteiger partial charge is 0.118 e. The van der Waals surface area contributed by atoms with Gasteiger partial charge in [-0.25, -0.2) is 0 Å². The van der Waals surface area contributed by atoms with Crippen LogP contribution in [0.1, 0.15) is 22.3 Å². The standard InChI is InChI=1S/C24H27NO2/c1-19-4-6-20(7-5-19)16-25(17-21-8-12-23(26-2)13-9-21)18-22-10-14-24(27-3)15-11-22/h4-15H,16-18H2,1-3H3. The number of rotatable bonds is 8. The van der Waals surface area contributed by atoms with Gasteiger partial charge in [0.15, 0.2) is 0 Å². The van der Waals surface area contributed by atoms with Crippen LogP contribution in [0.15, 0.2) is 72.8 Å². The Kier molecular flexibility index (Phi) is 6.50. The summed E-state index contributed by atoms with van der Waals surface area (Å²) in [4.78, 5) is 2.45. The van der Waals surface area contributed by atoms with Crippen molar-refractivity contribution in [1.82, 2.24) is 4.90 Å². The van der Waals surface area contributed by atoms with Gasteiger partial charge in [0.25, 0.3) is 0 Å². The van der Waals surface area contributed by atoms with Crippen LogP contribution in [0.3, 0.4) is 0 Å². The van der Waals surface area contributed by atoms with Crippen LogP contribution in [0.2, 0.25) is 0 Å². The maximum Gasteiger partial charge on any atom is 0.118 e. The van der Waals surface area contributed by atoms with E-state index in [0.717, 1.165) is 31.1 Å². The summed E-state index contributed by atoms with van der Waals surface area (Å²) in [5.41, 5.74) is 5.16. The van der Waals surface area contributed by atoms with Gasteiger partial charge in [-0.05, 0) is 47.9 Å². The van der Waals surface area contributed by atoms with Gasteiger partial charge in [-0.1, -0.05) is 54.1 Å². The third-order valence-corrected chi connectivity index (χ3v) is 4.66. The summed E-state index contributed by atoms with van der Waals surface area (Å²) < 4.78 is 10.5. The first-order chi connectivity index (χ1) is 13.2. The molecule has 140 valence electrons. The first kappa shape index (κ1) is 19.0. The lowest BCUT2D eigenvalue weighted by Gasteiger charge is -2.23. The zero-order chi connectivity index (χ0) is 19.1. The summed E-state index contributed by atoms with van der Waals surface area (Å²) in [6, 6.07) is 25.4. The van der Waals surface area contributed by atoms with Crippen LogP contribution in [0.4, 0.5) is 0 Å². The lowest BCUT2D eigenvalue weighted by Crippen LogP contribution is -2.22. The molecule has 0 N–H and O–H groups in total. The van der Waals surface area contributed by atoms with Crippen molar-refractivity contribution < 1.29 is 9.47 Å². The average Bonchev–Trinajstić information content (AvgIpc) is 2.71. The molecule has 0 saturated heterocycles. The van der Waals surface area contributed by atoms with Crippen molar-refractivity contribution in [3.8, 4) is 11.5 Å². The molecule has 3 aromatic rings. The molecule has 3 heteroatoms. The van der Waals surface area contributed by atoms with Crippen LogP contribution < -0.4 is 9.47 Å². The molecule has 0 unspecified atom stereocenters. The largest absolute Gasteiger partial charge is 0.497 e. The molecule has 0 saturated carbocycles. The number of benzene rings is 3. The van der Waals surface area contributed by atoms with Gasteiger partial charge >= 0.3 is 0 Å². The highest BCUT2D eigenvalue weighted by atomic mass is 16.5. The molecule has 0 aliphatic rings. The van der Waals surface area contributed by atoms with Crippen LogP contribution in [-0.2, 0) is 19.6 Å². The lowest BCUT2D eigenvalue weighted by molar-refractivity contribution is 0.247. The number of hydrogen-bond acceptors (Lipinski definition) is 3. The van der Waals surface area contributed by atoms with Crippen molar-refractivity contribution in [2.24, 2.45) is 0 Å². The van der Waals surface area contributed by atoms with Crippen molar-refractivity contribution in [3.63, 3.8) is 0 Å². The predicted octanol–water partition coefficient (Wildman–Crippen LogP) is 5.21. The molecule has 3 nitrogen and oxygen atoms in total. The third-order valence-electron chi connectivity index (χ3n) is 4.66. The molecule has 0 aromatic heterocycles. The Morgan fingerprint density at radius 3 is 1.22 bits per heavy atom. The molecule has 3 aromatic carbocycles. The Labute approximate surface area is 162 Å². The fourth-order valence-corrected chi connectivity index (χ4v) is 3.10. The number of ether oxygens (including phenoxy) is 2. The number of aryl methyl sites for hydroxylation is 1. The highest BCUT2D eigenvalue weighted by Gasteiger charge is 2.09. The van der Waals surface area contributed by atoms with E-state index in [0.29, 0.717) is 0 Å². The molecule has 27 heavy (non-hydrogen) atoms. The molecule has 0 radical (unpaired) electrons. The maximum atomic E-state index is 5.27. The van der Waals surface area contributed by atoms with E-state index < -0.39 is 0 Å². The minimum Gasteiger partial charge on any atom is -0.497 e. The second kappa shape index (κ2) is 9.24. The monoisotopic (exact) mass is 361 g/mol. The van der Waals surface area contributed by atoms with E-state index in [1.807, 2.05) is 24.3 Å². The maximum absolute atomic E-state index is 5.27. The van der Waals surface area contributed by atoms with E-state index >= 15 is 0 Å². The van der Waals surface area contributed by atoms with E-state index in [1.165, 1.54) is 22.3 Å². The van der Waals surface area contributed by atoms with Crippen LogP contribution in [0.5, 0.6) is 11.5 Å².